The predicted octanol–water partition coefficient (Wildman–Crippen LogP) is 4.22. The molecule has 1 aliphatic heterocycles. The number of hydrogen-bond acceptors (Lipinski definition) is 9. The first-order chi connectivity index (χ1) is 16.6. The topological polar surface area (TPSA) is 96.4 Å². The third kappa shape index (κ3) is 5.70. The van der Waals surface area contributed by atoms with Crippen molar-refractivity contribution >= 4 is 34.1 Å². The number of carbonyl (C=O) groups excluding carboxylic acids is 1. The summed E-state index contributed by atoms with van der Waals surface area (Å²) >= 11 is 1.11. The van der Waals surface area contributed by atoms with Crippen molar-refractivity contribution in [2.45, 2.75) is 45.3 Å². The molecule has 0 aliphatic carbocycles. The van der Waals surface area contributed by atoms with Gasteiger partial charge in [0.25, 0.3) is 5.92 Å². The van der Waals surface area contributed by atoms with Gasteiger partial charge < -0.3 is 15.0 Å². The SMILES string of the molecule is CC(=O)N(C)c1cccnc1Nc1nc(-c2ccc(OC3CCN(C(C)C)CC3(F)F)cn2)ns1. The number of hydrogen-bond donors (Lipinski definition) is 1. The summed E-state index contributed by atoms with van der Waals surface area (Å²) < 4.78 is 39.1. The van der Waals surface area contributed by atoms with Crippen LogP contribution >= 0.6 is 11.5 Å². The maximum absolute atomic E-state index is 14.6. The first-order valence-electron chi connectivity index (χ1n) is 11.2. The Morgan fingerprint density at radius 1 is 1.31 bits per heavy atom. The molecule has 1 atom stereocenters. The summed E-state index contributed by atoms with van der Waals surface area (Å²) in [5.41, 5.74) is 1.08. The standard InChI is InChI=1S/C23H27F2N7O2S/c1-14(2)32-11-9-19(23(24,25)13-32)34-16-7-8-17(27-12-16)20-28-22(35-30-20)29-21-18(6-5-10-26-21)31(4)15(3)33/h5-8,10,12,14,19H,9,11,13H2,1-4H3,(H,26,28,29,30). The normalized spacial score (nSPS) is 17.9. The zero-order valence-corrected chi connectivity index (χ0v) is 20.7. The zero-order valence-electron chi connectivity index (χ0n) is 19.9. The first kappa shape index (κ1) is 24.9. The summed E-state index contributed by atoms with van der Waals surface area (Å²) in [7, 11) is 1.66. The highest BCUT2D eigenvalue weighted by atomic mass is 32.1. The highest BCUT2D eigenvalue weighted by molar-refractivity contribution is 7.09. The van der Waals surface area contributed by atoms with Gasteiger partial charge in [0, 0.05) is 50.7 Å². The van der Waals surface area contributed by atoms with Crippen LogP contribution in [0, 0.1) is 0 Å². The van der Waals surface area contributed by atoms with Gasteiger partial charge in [0.05, 0.1) is 18.4 Å². The molecule has 12 heteroatoms. The number of pyridine rings is 2. The van der Waals surface area contributed by atoms with E-state index < -0.39 is 12.0 Å². The van der Waals surface area contributed by atoms with Crippen molar-refractivity contribution in [2.75, 3.05) is 30.4 Å². The highest BCUT2D eigenvalue weighted by Gasteiger charge is 2.46. The Morgan fingerprint density at radius 3 is 2.77 bits per heavy atom. The second-order valence-electron chi connectivity index (χ2n) is 8.60. The molecule has 186 valence electrons. The van der Waals surface area contributed by atoms with Crippen LogP contribution in [0.2, 0.25) is 0 Å². The van der Waals surface area contributed by atoms with Crippen molar-refractivity contribution in [1.29, 1.82) is 0 Å². The average Bonchev–Trinajstić information content (AvgIpc) is 3.29. The smallest absolute Gasteiger partial charge is 0.296 e. The summed E-state index contributed by atoms with van der Waals surface area (Å²) in [4.78, 5) is 28.0. The van der Waals surface area contributed by atoms with E-state index in [9.17, 15) is 13.6 Å². The van der Waals surface area contributed by atoms with E-state index in [1.165, 1.54) is 18.0 Å². The Kier molecular flexibility index (Phi) is 7.22. The molecule has 0 bridgehead atoms. The number of alkyl halides is 2. The van der Waals surface area contributed by atoms with E-state index in [0.717, 1.165) is 11.5 Å². The molecule has 0 saturated carbocycles. The van der Waals surface area contributed by atoms with Crippen LogP contribution < -0.4 is 15.0 Å². The van der Waals surface area contributed by atoms with Crippen LogP contribution in [0.4, 0.5) is 25.4 Å². The lowest BCUT2D eigenvalue weighted by molar-refractivity contribution is -0.144. The van der Waals surface area contributed by atoms with E-state index in [1.54, 1.807) is 42.4 Å². The molecule has 1 unspecified atom stereocenters. The summed E-state index contributed by atoms with van der Waals surface area (Å²) in [6, 6.07) is 6.81. The molecule has 0 spiro atoms. The van der Waals surface area contributed by atoms with Crippen molar-refractivity contribution in [3.63, 3.8) is 0 Å². The molecule has 3 aromatic rings. The minimum atomic E-state index is -2.95. The van der Waals surface area contributed by atoms with Crippen LogP contribution in [0.5, 0.6) is 5.75 Å². The molecule has 1 aliphatic rings. The van der Waals surface area contributed by atoms with E-state index in [4.69, 9.17) is 4.74 Å². The van der Waals surface area contributed by atoms with Gasteiger partial charge in [-0.2, -0.15) is 9.36 Å². The van der Waals surface area contributed by atoms with Crippen molar-refractivity contribution in [2.24, 2.45) is 0 Å². The Balaban J connectivity index is 1.43. The number of likely N-dealkylation sites (tertiary alicyclic amines) is 1. The molecular weight excluding hydrogens is 476 g/mol. The first-order valence-corrected chi connectivity index (χ1v) is 12.0. The zero-order chi connectivity index (χ0) is 25.2. The molecular formula is C23H27F2N7O2S. The number of carbonyl (C=O) groups is 1. The van der Waals surface area contributed by atoms with Crippen LogP contribution in [-0.4, -0.2) is 68.3 Å². The number of piperidine rings is 1. The average molecular weight is 504 g/mol. The number of aromatic nitrogens is 4. The van der Waals surface area contributed by atoms with Crippen LogP contribution in [0.25, 0.3) is 11.5 Å². The molecule has 0 radical (unpaired) electrons. The summed E-state index contributed by atoms with van der Waals surface area (Å²) in [5.74, 6) is -1.96. The quantitative estimate of drug-likeness (QED) is 0.512. The van der Waals surface area contributed by atoms with Crippen molar-refractivity contribution in [3.05, 3.63) is 36.7 Å². The lowest BCUT2D eigenvalue weighted by atomic mass is 10.0. The van der Waals surface area contributed by atoms with E-state index in [2.05, 4.69) is 24.6 Å². The van der Waals surface area contributed by atoms with Gasteiger partial charge >= 0.3 is 0 Å². The largest absolute Gasteiger partial charge is 0.482 e. The number of halogens is 2. The van der Waals surface area contributed by atoms with Crippen LogP contribution in [0.3, 0.4) is 0 Å². The molecule has 4 rings (SSSR count). The minimum Gasteiger partial charge on any atom is -0.482 e. The number of anilines is 3. The van der Waals surface area contributed by atoms with Gasteiger partial charge in [-0.1, -0.05) is 0 Å². The summed E-state index contributed by atoms with van der Waals surface area (Å²) in [5, 5.41) is 3.55. The molecule has 35 heavy (non-hydrogen) atoms. The maximum Gasteiger partial charge on any atom is 0.296 e. The molecule has 1 amide bonds. The van der Waals surface area contributed by atoms with Gasteiger partial charge in [0.2, 0.25) is 11.0 Å². The number of amides is 1. The van der Waals surface area contributed by atoms with Crippen LogP contribution in [-0.2, 0) is 4.79 Å². The molecule has 9 nitrogen and oxygen atoms in total. The summed E-state index contributed by atoms with van der Waals surface area (Å²) in [6.45, 7) is 5.52. The molecule has 0 aromatic carbocycles. The fourth-order valence-corrected chi connectivity index (χ4v) is 4.27. The monoisotopic (exact) mass is 503 g/mol. The van der Waals surface area contributed by atoms with E-state index in [-0.39, 0.29) is 30.7 Å². The number of nitrogens with zero attached hydrogens (tertiary/aromatic N) is 6. The third-order valence-corrected chi connectivity index (χ3v) is 6.44. The van der Waals surface area contributed by atoms with Crippen molar-refractivity contribution < 1.29 is 18.3 Å². The van der Waals surface area contributed by atoms with Gasteiger partial charge in [0.1, 0.15) is 11.4 Å². The third-order valence-electron chi connectivity index (χ3n) is 5.81. The second kappa shape index (κ2) is 10.2. The fraction of sp³-hybridized carbons (Fsp3) is 0.435. The lowest BCUT2D eigenvalue weighted by Crippen LogP contribution is -2.55. The van der Waals surface area contributed by atoms with E-state index in [1.807, 2.05) is 13.8 Å². The van der Waals surface area contributed by atoms with Gasteiger partial charge in [-0.25, -0.2) is 18.7 Å². The van der Waals surface area contributed by atoms with E-state index in [0.29, 0.717) is 34.7 Å². The minimum absolute atomic E-state index is 0.0621. The van der Waals surface area contributed by atoms with Gasteiger partial charge in [0.15, 0.2) is 17.7 Å². The highest BCUT2D eigenvalue weighted by Crippen LogP contribution is 2.32. The number of rotatable bonds is 7. The van der Waals surface area contributed by atoms with Gasteiger partial charge in [-0.15, -0.1) is 0 Å². The molecule has 4 heterocycles. The lowest BCUT2D eigenvalue weighted by Gasteiger charge is -2.39. The molecule has 3 aromatic heterocycles. The Morgan fingerprint density at radius 2 is 2.11 bits per heavy atom. The predicted molar refractivity (Wildman–Crippen MR) is 130 cm³/mol. The van der Waals surface area contributed by atoms with Crippen molar-refractivity contribution in [3.8, 4) is 17.3 Å². The Bertz CT molecular complexity index is 1170. The summed E-state index contributed by atoms with van der Waals surface area (Å²) in [6.07, 6.45) is 2.06. The van der Waals surface area contributed by atoms with Gasteiger partial charge in [-0.05, 0) is 38.1 Å². The number of nitrogens with one attached hydrogen (secondary N) is 1. The molecule has 1 N–H and O–H groups in total. The van der Waals surface area contributed by atoms with E-state index >= 15 is 0 Å². The van der Waals surface area contributed by atoms with Crippen LogP contribution in [0.15, 0.2) is 36.7 Å². The number of ether oxygens (including phenoxy) is 1. The Hall–Kier alpha value is -3.25. The maximum atomic E-state index is 14.6. The molecule has 1 fully saturated rings. The second-order valence-corrected chi connectivity index (χ2v) is 9.35. The Labute approximate surface area is 206 Å². The molecule has 1 saturated heterocycles. The fourth-order valence-electron chi connectivity index (χ4n) is 3.69. The van der Waals surface area contributed by atoms with Crippen LogP contribution in [0.1, 0.15) is 27.2 Å². The van der Waals surface area contributed by atoms with Crippen molar-refractivity contribution in [1.82, 2.24) is 24.2 Å². The van der Waals surface area contributed by atoms with Gasteiger partial charge in [-0.3, -0.25) is 9.69 Å².